The molecule has 0 aromatic heterocycles. The summed E-state index contributed by atoms with van der Waals surface area (Å²) >= 11 is 0. The van der Waals surface area contributed by atoms with Gasteiger partial charge in [-0.15, -0.1) is 0 Å². The van der Waals surface area contributed by atoms with E-state index < -0.39 is 9.84 Å². The summed E-state index contributed by atoms with van der Waals surface area (Å²) in [6.45, 7) is 2.31. The largest absolute Gasteiger partial charge is 0.328 e. The van der Waals surface area contributed by atoms with Crippen LogP contribution in [0.5, 0.6) is 0 Å². The topological polar surface area (TPSA) is 60.2 Å². The van der Waals surface area contributed by atoms with E-state index in [9.17, 15) is 8.42 Å². The minimum absolute atomic E-state index is 0.102. The molecule has 0 aromatic carbocycles. The van der Waals surface area contributed by atoms with E-state index in [0.29, 0.717) is 17.4 Å². The Bertz CT molecular complexity index is 379. The summed E-state index contributed by atoms with van der Waals surface area (Å²) in [6.07, 6.45) is 8.73. The first kappa shape index (κ1) is 13.3. The first-order valence-electron chi connectivity index (χ1n) is 6.76. The summed E-state index contributed by atoms with van der Waals surface area (Å²) in [7, 11) is -2.86. The molecule has 100 valence electrons. The Hall–Kier alpha value is -0.0900. The highest BCUT2D eigenvalue weighted by atomic mass is 32.2. The lowest BCUT2D eigenvalue weighted by molar-refractivity contribution is 0.143. The molecule has 0 heterocycles. The highest BCUT2D eigenvalue weighted by molar-refractivity contribution is 7.91. The van der Waals surface area contributed by atoms with Gasteiger partial charge in [0.2, 0.25) is 0 Å². The molecule has 2 rings (SSSR count). The predicted octanol–water partition coefficient (Wildman–Crippen LogP) is 2.11. The van der Waals surface area contributed by atoms with Gasteiger partial charge in [0.1, 0.15) is 9.84 Å². The van der Waals surface area contributed by atoms with Crippen molar-refractivity contribution in [1.82, 2.24) is 0 Å². The van der Waals surface area contributed by atoms with Gasteiger partial charge < -0.3 is 5.73 Å². The summed E-state index contributed by atoms with van der Waals surface area (Å²) in [4.78, 5) is 0. The normalized spacial score (nSPS) is 43.8. The second kappa shape index (κ2) is 4.54. The Morgan fingerprint density at radius 1 is 1.24 bits per heavy atom. The fraction of sp³-hybridized carbons (Fsp3) is 1.00. The zero-order chi connectivity index (χ0) is 12.7. The van der Waals surface area contributed by atoms with E-state index in [0.717, 1.165) is 32.1 Å². The van der Waals surface area contributed by atoms with Crippen molar-refractivity contribution in [3.05, 3.63) is 0 Å². The van der Waals surface area contributed by atoms with Crippen molar-refractivity contribution >= 4 is 9.84 Å². The van der Waals surface area contributed by atoms with Crippen LogP contribution < -0.4 is 5.73 Å². The minimum Gasteiger partial charge on any atom is -0.328 e. The van der Waals surface area contributed by atoms with Gasteiger partial charge >= 0.3 is 0 Å². The second-order valence-electron chi connectivity index (χ2n) is 6.47. The molecule has 17 heavy (non-hydrogen) atoms. The van der Waals surface area contributed by atoms with Crippen molar-refractivity contribution < 1.29 is 8.42 Å². The van der Waals surface area contributed by atoms with Crippen LogP contribution in [0.15, 0.2) is 0 Å². The van der Waals surface area contributed by atoms with Crippen molar-refractivity contribution in [2.75, 3.05) is 6.26 Å². The third kappa shape index (κ3) is 2.84. The number of hydrogen-bond acceptors (Lipinski definition) is 3. The molecule has 0 spiro atoms. The van der Waals surface area contributed by atoms with Gasteiger partial charge in [-0.2, -0.15) is 0 Å². The molecule has 0 amide bonds. The molecule has 4 heteroatoms. The Morgan fingerprint density at radius 2 is 1.94 bits per heavy atom. The Labute approximate surface area is 105 Å². The lowest BCUT2D eigenvalue weighted by Crippen LogP contribution is -2.35. The maximum Gasteiger partial charge on any atom is 0.150 e. The molecule has 3 nitrogen and oxygen atoms in total. The standard InChI is InChI=1S/C13H25NO2S/c1-13(7-6-11(14)9-13)10-4-3-5-12(8-10)17(2,15)16/h10-12H,3-9,14H2,1-2H3. The monoisotopic (exact) mass is 259 g/mol. The van der Waals surface area contributed by atoms with E-state index in [1.54, 1.807) is 0 Å². The van der Waals surface area contributed by atoms with Gasteiger partial charge in [0.15, 0.2) is 0 Å². The molecule has 2 saturated carbocycles. The van der Waals surface area contributed by atoms with Crippen LogP contribution in [0.1, 0.15) is 51.9 Å². The Kier molecular flexibility index (Phi) is 3.56. The third-order valence-corrected chi connectivity index (χ3v) is 6.67. The molecule has 0 saturated heterocycles. The Morgan fingerprint density at radius 3 is 2.47 bits per heavy atom. The highest BCUT2D eigenvalue weighted by Gasteiger charge is 2.43. The average molecular weight is 259 g/mol. The molecule has 2 fully saturated rings. The zero-order valence-corrected chi connectivity index (χ0v) is 11.8. The van der Waals surface area contributed by atoms with Crippen LogP contribution in [-0.4, -0.2) is 26.0 Å². The first-order chi connectivity index (χ1) is 7.81. The van der Waals surface area contributed by atoms with E-state index in [-0.39, 0.29) is 5.25 Å². The van der Waals surface area contributed by atoms with Crippen LogP contribution >= 0.6 is 0 Å². The first-order valence-corrected chi connectivity index (χ1v) is 8.71. The van der Waals surface area contributed by atoms with Crippen LogP contribution in [0.2, 0.25) is 0 Å². The third-order valence-electron chi connectivity index (χ3n) is 5.03. The SMILES string of the molecule is CC1(C2CCCC(S(C)(=O)=O)C2)CCC(N)C1. The molecular formula is C13H25NO2S. The van der Waals surface area contributed by atoms with Crippen molar-refractivity contribution in [2.24, 2.45) is 17.1 Å². The lowest BCUT2D eigenvalue weighted by Gasteiger charge is -2.39. The van der Waals surface area contributed by atoms with Crippen molar-refractivity contribution in [1.29, 1.82) is 0 Å². The molecule has 4 unspecified atom stereocenters. The van der Waals surface area contributed by atoms with E-state index in [2.05, 4.69) is 6.92 Å². The maximum atomic E-state index is 11.7. The van der Waals surface area contributed by atoms with Crippen LogP contribution in [-0.2, 0) is 9.84 Å². The Balaban J connectivity index is 2.07. The van der Waals surface area contributed by atoms with Crippen LogP contribution in [0.3, 0.4) is 0 Å². The van der Waals surface area contributed by atoms with Crippen molar-refractivity contribution in [2.45, 2.75) is 63.2 Å². The van der Waals surface area contributed by atoms with Gasteiger partial charge in [-0.3, -0.25) is 0 Å². The molecule has 0 aromatic rings. The fourth-order valence-corrected chi connectivity index (χ4v) is 5.03. The van der Waals surface area contributed by atoms with Crippen molar-refractivity contribution in [3.8, 4) is 0 Å². The summed E-state index contributed by atoms with van der Waals surface area (Å²) in [5.41, 5.74) is 6.31. The predicted molar refractivity (Wildman–Crippen MR) is 70.5 cm³/mol. The molecule has 2 aliphatic rings. The summed E-state index contributed by atoms with van der Waals surface area (Å²) < 4.78 is 23.4. The van der Waals surface area contributed by atoms with E-state index in [4.69, 9.17) is 5.73 Å². The van der Waals surface area contributed by atoms with Gasteiger partial charge in [-0.05, 0) is 49.9 Å². The molecular weight excluding hydrogens is 234 g/mol. The van der Waals surface area contributed by atoms with Gasteiger partial charge in [-0.1, -0.05) is 13.3 Å². The van der Waals surface area contributed by atoms with Gasteiger partial charge in [0.25, 0.3) is 0 Å². The van der Waals surface area contributed by atoms with Crippen LogP contribution in [0.4, 0.5) is 0 Å². The second-order valence-corrected chi connectivity index (χ2v) is 8.80. The van der Waals surface area contributed by atoms with Crippen molar-refractivity contribution in [3.63, 3.8) is 0 Å². The molecule has 0 aliphatic heterocycles. The van der Waals surface area contributed by atoms with E-state index in [1.165, 1.54) is 19.1 Å². The molecule has 2 N–H and O–H groups in total. The number of sulfone groups is 1. The lowest BCUT2D eigenvalue weighted by atomic mass is 9.68. The fourth-order valence-electron chi connectivity index (χ4n) is 3.86. The van der Waals surface area contributed by atoms with Crippen LogP contribution in [0.25, 0.3) is 0 Å². The molecule has 0 bridgehead atoms. The van der Waals surface area contributed by atoms with Gasteiger partial charge in [0, 0.05) is 12.3 Å². The van der Waals surface area contributed by atoms with E-state index >= 15 is 0 Å². The number of nitrogens with two attached hydrogens (primary N) is 1. The van der Waals surface area contributed by atoms with E-state index in [1.807, 2.05) is 0 Å². The number of hydrogen-bond donors (Lipinski definition) is 1. The highest BCUT2D eigenvalue weighted by Crippen LogP contribution is 2.49. The molecule has 2 aliphatic carbocycles. The average Bonchev–Trinajstić information content (AvgIpc) is 2.59. The number of rotatable bonds is 2. The van der Waals surface area contributed by atoms with Gasteiger partial charge in [-0.25, -0.2) is 8.42 Å². The molecule has 4 atom stereocenters. The quantitative estimate of drug-likeness (QED) is 0.826. The minimum atomic E-state index is -2.86. The summed E-state index contributed by atoms with van der Waals surface area (Å²) in [6, 6.07) is 0.332. The summed E-state index contributed by atoms with van der Waals surface area (Å²) in [5, 5.41) is -0.102. The van der Waals surface area contributed by atoms with Crippen LogP contribution in [0, 0.1) is 11.3 Å². The maximum absolute atomic E-state index is 11.7. The summed E-state index contributed by atoms with van der Waals surface area (Å²) in [5.74, 6) is 0.560. The van der Waals surface area contributed by atoms with Gasteiger partial charge in [0.05, 0.1) is 5.25 Å². The smallest absolute Gasteiger partial charge is 0.150 e. The zero-order valence-electron chi connectivity index (χ0n) is 11.0. The molecule has 0 radical (unpaired) electrons.